The molecule has 0 bridgehead atoms. The van der Waals surface area contributed by atoms with E-state index in [1.807, 2.05) is 31.1 Å². The summed E-state index contributed by atoms with van der Waals surface area (Å²) in [5.74, 6) is -0.626. The van der Waals surface area contributed by atoms with Gasteiger partial charge in [0, 0.05) is 25.3 Å². The summed E-state index contributed by atoms with van der Waals surface area (Å²) in [6.45, 7) is 0. The van der Waals surface area contributed by atoms with Gasteiger partial charge in [0.15, 0.2) is 5.13 Å². The second-order valence-electron chi connectivity index (χ2n) is 5.59. The van der Waals surface area contributed by atoms with E-state index in [4.69, 9.17) is 4.74 Å². The first-order valence-electron chi connectivity index (χ1n) is 7.55. The number of fused-ring (bicyclic) bond motifs is 1. The van der Waals surface area contributed by atoms with Crippen molar-refractivity contribution in [2.24, 2.45) is 0 Å². The monoisotopic (exact) mass is 355 g/mol. The molecule has 3 aromatic rings. The molecule has 6 nitrogen and oxygen atoms in total. The number of hydrogen-bond acceptors (Lipinski definition) is 6. The van der Waals surface area contributed by atoms with Gasteiger partial charge < -0.3 is 9.64 Å². The summed E-state index contributed by atoms with van der Waals surface area (Å²) in [5, 5.41) is 3.28. The number of esters is 1. The first-order valence-corrected chi connectivity index (χ1v) is 8.37. The van der Waals surface area contributed by atoms with Crippen LogP contribution in [0.2, 0.25) is 0 Å². The van der Waals surface area contributed by atoms with Crippen LogP contribution in [0, 0.1) is 0 Å². The number of anilines is 2. The zero-order valence-electron chi connectivity index (χ0n) is 14.1. The molecule has 2 aromatic carbocycles. The summed E-state index contributed by atoms with van der Waals surface area (Å²) in [7, 11) is 5.23. The topological polar surface area (TPSA) is 71.5 Å². The largest absolute Gasteiger partial charge is 0.465 e. The predicted molar refractivity (Wildman–Crippen MR) is 99.7 cm³/mol. The van der Waals surface area contributed by atoms with Gasteiger partial charge in [0.05, 0.1) is 22.9 Å². The summed E-state index contributed by atoms with van der Waals surface area (Å²) in [4.78, 5) is 30.3. The Balaban J connectivity index is 1.80. The van der Waals surface area contributed by atoms with Crippen LogP contribution >= 0.6 is 11.3 Å². The predicted octanol–water partition coefficient (Wildman–Crippen LogP) is 3.40. The molecule has 0 spiro atoms. The highest BCUT2D eigenvalue weighted by molar-refractivity contribution is 7.22. The second kappa shape index (κ2) is 6.90. The molecule has 0 saturated carbocycles. The van der Waals surface area contributed by atoms with Crippen LogP contribution in [0.3, 0.4) is 0 Å². The van der Waals surface area contributed by atoms with Crippen LogP contribution < -0.4 is 10.2 Å². The van der Waals surface area contributed by atoms with Gasteiger partial charge in [-0.25, -0.2) is 9.78 Å². The van der Waals surface area contributed by atoms with E-state index >= 15 is 0 Å². The molecule has 0 fully saturated rings. The van der Waals surface area contributed by atoms with E-state index in [1.54, 1.807) is 30.3 Å². The molecule has 0 aliphatic carbocycles. The lowest BCUT2D eigenvalue weighted by Gasteiger charge is -2.12. The number of aromatic nitrogens is 1. The number of benzene rings is 2. The molecule has 0 saturated heterocycles. The van der Waals surface area contributed by atoms with Crippen molar-refractivity contribution in [1.82, 2.24) is 4.98 Å². The molecule has 1 amide bonds. The van der Waals surface area contributed by atoms with Crippen LogP contribution in [0.5, 0.6) is 0 Å². The number of carbonyl (C=O) groups excluding carboxylic acids is 2. The lowest BCUT2D eigenvalue weighted by atomic mass is 10.2. The van der Waals surface area contributed by atoms with Crippen LogP contribution in [0.4, 0.5) is 10.8 Å². The highest BCUT2D eigenvalue weighted by Gasteiger charge is 2.12. The van der Waals surface area contributed by atoms with E-state index in [0.717, 1.165) is 15.9 Å². The third-order valence-electron chi connectivity index (χ3n) is 3.68. The normalized spacial score (nSPS) is 10.5. The van der Waals surface area contributed by atoms with Crippen molar-refractivity contribution < 1.29 is 14.3 Å². The average molecular weight is 355 g/mol. The van der Waals surface area contributed by atoms with Crippen molar-refractivity contribution in [3.05, 3.63) is 53.6 Å². The van der Waals surface area contributed by atoms with Crippen molar-refractivity contribution in [2.75, 3.05) is 31.4 Å². The number of hydrogen-bond donors (Lipinski definition) is 1. The molecule has 1 heterocycles. The zero-order valence-corrected chi connectivity index (χ0v) is 14.9. The van der Waals surface area contributed by atoms with Gasteiger partial charge in [-0.3, -0.25) is 10.1 Å². The first kappa shape index (κ1) is 16.9. The molecule has 0 radical (unpaired) electrons. The number of amides is 1. The van der Waals surface area contributed by atoms with Gasteiger partial charge in [-0.2, -0.15) is 0 Å². The lowest BCUT2D eigenvalue weighted by Crippen LogP contribution is -2.13. The molecule has 1 aromatic heterocycles. The third-order valence-corrected chi connectivity index (χ3v) is 4.61. The molecule has 7 heteroatoms. The van der Waals surface area contributed by atoms with Gasteiger partial charge in [-0.05, 0) is 42.5 Å². The summed E-state index contributed by atoms with van der Waals surface area (Å²) in [5.41, 5.74) is 2.75. The maximum Gasteiger partial charge on any atom is 0.337 e. The number of carbonyl (C=O) groups is 2. The molecule has 3 rings (SSSR count). The van der Waals surface area contributed by atoms with Crippen molar-refractivity contribution in [1.29, 1.82) is 0 Å². The summed E-state index contributed by atoms with van der Waals surface area (Å²) >= 11 is 1.31. The van der Waals surface area contributed by atoms with Crippen LogP contribution in [-0.2, 0) is 4.74 Å². The van der Waals surface area contributed by atoms with Gasteiger partial charge in [0.2, 0.25) is 0 Å². The molecular formula is C18H17N3O3S. The third kappa shape index (κ3) is 3.61. The van der Waals surface area contributed by atoms with E-state index in [9.17, 15) is 9.59 Å². The average Bonchev–Trinajstić information content (AvgIpc) is 3.02. The Bertz CT molecular complexity index is 932. The van der Waals surface area contributed by atoms with Gasteiger partial charge >= 0.3 is 5.97 Å². The van der Waals surface area contributed by atoms with Gasteiger partial charge in [-0.1, -0.05) is 11.3 Å². The molecule has 0 atom stereocenters. The van der Waals surface area contributed by atoms with Gasteiger partial charge in [-0.15, -0.1) is 0 Å². The Morgan fingerprint density at radius 1 is 1.08 bits per heavy atom. The summed E-state index contributed by atoms with van der Waals surface area (Å²) < 4.78 is 5.52. The van der Waals surface area contributed by atoms with E-state index < -0.39 is 5.97 Å². The van der Waals surface area contributed by atoms with Crippen LogP contribution in [0.15, 0.2) is 42.5 Å². The maximum atomic E-state index is 12.4. The molecule has 0 aliphatic rings. The SMILES string of the molecule is COC(=O)c1ccc2nc(NC(=O)c3ccc(N(C)C)cc3)sc2c1. The van der Waals surface area contributed by atoms with E-state index in [1.165, 1.54) is 18.4 Å². The fourth-order valence-corrected chi connectivity index (χ4v) is 3.20. The Morgan fingerprint density at radius 3 is 2.40 bits per heavy atom. The Morgan fingerprint density at radius 2 is 1.76 bits per heavy atom. The number of rotatable bonds is 4. The summed E-state index contributed by atoms with van der Waals surface area (Å²) in [6.07, 6.45) is 0. The molecule has 0 unspecified atom stereocenters. The molecular weight excluding hydrogens is 338 g/mol. The molecule has 25 heavy (non-hydrogen) atoms. The van der Waals surface area contributed by atoms with Crippen LogP contribution in [-0.4, -0.2) is 38.1 Å². The van der Waals surface area contributed by atoms with E-state index in [2.05, 4.69) is 10.3 Å². The fourth-order valence-electron chi connectivity index (χ4n) is 2.30. The smallest absolute Gasteiger partial charge is 0.337 e. The van der Waals surface area contributed by atoms with Crippen molar-refractivity contribution >= 4 is 44.2 Å². The molecule has 128 valence electrons. The quantitative estimate of drug-likeness (QED) is 0.726. The Hall–Kier alpha value is -2.93. The maximum absolute atomic E-state index is 12.4. The van der Waals surface area contributed by atoms with Crippen molar-refractivity contribution in [2.45, 2.75) is 0 Å². The summed E-state index contributed by atoms with van der Waals surface area (Å²) in [6, 6.07) is 12.4. The highest BCUT2D eigenvalue weighted by atomic mass is 32.1. The Labute approximate surface area is 149 Å². The minimum absolute atomic E-state index is 0.224. The number of nitrogens with one attached hydrogen (secondary N) is 1. The van der Waals surface area contributed by atoms with Crippen LogP contribution in [0.25, 0.3) is 10.2 Å². The van der Waals surface area contributed by atoms with Gasteiger partial charge in [0.1, 0.15) is 0 Å². The van der Waals surface area contributed by atoms with E-state index in [-0.39, 0.29) is 5.91 Å². The lowest BCUT2D eigenvalue weighted by molar-refractivity contribution is 0.0601. The van der Waals surface area contributed by atoms with Crippen molar-refractivity contribution in [3.8, 4) is 0 Å². The highest BCUT2D eigenvalue weighted by Crippen LogP contribution is 2.27. The fraction of sp³-hybridized carbons (Fsp3) is 0.167. The Kier molecular flexibility index (Phi) is 4.67. The number of nitrogens with zero attached hydrogens (tertiary/aromatic N) is 2. The second-order valence-corrected chi connectivity index (χ2v) is 6.62. The minimum Gasteiger partial charge on any atom is -0.465 e. The number of ether oxygens (including phenoxy) is 1. The van der Waals surface area contributed by atoms with Crippen molar-refractivity contribution in [3.63, 3.8) is 0 Å². The minimum atomic E-state index is -0.401. The number of thiazole rings is 1. The number of methoxy groups -OCH3 is 1. The van der Waals surface area contributed by atoms with E-state index in [0.29, 0.717) is 16.3 Å². The molecule has 0 aliphatic heterocycles. The van der Waals surface area contributed by atoms with Crippen LogP contribution in [0.1, 0.15) is 20.7 Å². The van der Waals surface area contributed by atoms with Gasteiger partial charge in [0.25, 0.3) is 5.91 Å². The first-order chi connectivity index (χ1) is 12.0. The standard InChI is InChI=1S/C18H17N3O3S/c1-21(2)13-7-4-11(5-8-13)16(22)20-18-19-14-9-6-12(17(23)24-3)10-15(14)25-18/h4-10H,1-3H3,(H,19,20,22). The zero-order chi connectivity index (χ0) is 18.0. The molecule has 1 N–H and O–H groups in total.